The van der Waals surface area contributed by atoms with Crippen molar-refractivity contribution in [2.24, 2.45) is 4.99 Å². The Bertz CT molecular complexity index is 930. The lowest BCUT2D eigenvalue weighted by Gasteiger charge is -2.13. The number of ether oxygens (including phenoxy) is 1. The zero-order chi connectivity index (χ0) is 21.1. The Hall–Kier alpha value is -2.74. The third-order valence-corrected chi connectivity index (χ3v) is 3.81. The van der Waals surface area contributed by atoms with Crippen LogP contribution in [-0.4, -0.2) is 22.1 Å². The first kappa shape index (κ1) is 21.6. The molecule has 150 valence electrons. The third kappa shape index (κ3) is 4.75. The number of anilines is 1. The van der Waals surface area contributed by atoms with Gasteiger partial charge in [-0.2, -0.15) is 23.0 Å². The molecule has 0 amide bonds. The van der Waals surface area contributed by atoms with Gasteiger partial charge in [-0.05, 0) is 44.5 Å². The average molecular weight is 413 g/mol. The minimum absolute atomic E-state index is 0.0572. The van der Waals surface area contributed by atoms with Crippen LogP contribution >= 0.6 is 11.6 Å². The summed E-state index contributed by atoms with van der Waals surface area (Å²) in [5.74, 6) is 0.0575. The minimum atomic E-state index is -4.73. The summed E-state index contributed by atoms with van der Waals surface area (Å²) in [6.07, 6.45) is -0.185. The first-order valence-electron chi connectivity index (χ1n) is 8.33. The topological polar surface area (TPSA) is 65.4 Å². The van der Waals surface area contributed by atoms with Crippen LogP contribution in [0.1, 0.15) is 26.5 Å². The maximum absolute atomic E-state index is 13.6. The van der Waals surface area contributed by atoms with Gasteiger partial charge >= 0.3 is 6.18 Å². The Morgan fingerprint density at radius 3 is 2.61 bits per heavy atom. The van der Waals surface area contributed by atoms with Gasteiger partial charge in [0.2, 0.25) is 0 Å². The Balaban J connectivity index is 2.60. The molecule has 28 heavy (non-hydrogen) atoms. The van der Waals surface area contributed by atoms with Crippen LogP contribution in [0.3, 0.4) is 0 Å². The fourth-order valence-electron chi connectivity index (χ4n) is 2.39. The summed E-state index contributed by atoms with van der Waals surface area (Å²) in [5.41, 5.74) is 4.69. The molecule has 0 aliphatic heterocycles. The molecule has 1 heterocycles. The monoisotopic (exact) mass is 412 g/mol. The number of nitrogen functional groups attached to an aromatic ring is 1. The first-order chi connectivity index (χ1) is 13.1. The van der Waals surface area contributed by atoms with Gasteiger partial charge in [0.05, 0.1) is 16.7 Å². The van der Waals surface area contributed by atoms with Crippen LogP contribution in [0.25, 0.3) is 16.9 Å². The zero-order valence-corrected chi connectivity index (χ0v) is 16.3. The summed E-state index contributed by atoms with van der Waals surface area (Å²) >= 11 is 6.17. The van der Waals surface area contributed by atoms with E-state index in [1.165, 1.54) is 24.4 Å². The maximum atomic E-state index is 13.6. The zero-order valence-electron chi connectivity index (χ0n) is 15.6. The van der Waals surface area contributed by atoms with Crippen molar-refractivity contribution in [2.45, 2.75) is 33.1 Å². The number of rotatable bonds is 6. The second-order valence-corrected chi connectivity index (χ2v) is 6.46. The largest absolute Gasteiger partial charge is 0.489 e. The summed E-state index contributed by atoms with van der Waals surface area (Å²) < 4.78 is 47.1. The number of alkyl halides is 3. The van der Waals surface area contributed by atoms with Gasteiger partial charge in [-0.25, -0.2) is 4.99 Å². The summed E-state index contributed by atoms with van der Waals surface area (Å²) in [6, 6.07) is 4.30. The van der Waals surface area contributed by atoms with E-state index in [-0.39, 0.29) is 33.9 Å². The van der Waals surface area contributed by atoms with Crippen molar-refractivity contribution in [3.05, 3.63) is 47.6 Å². The molecular formula is C19H20ClF3N4O. The average Bonchev–Trinajstić information content (AvgIpc) is 2.94. The van der Waals surface area contributed by atoms with Crippen LogP contribution in [0.2, 0.25) is 5.02 Å². The predicted molar refractivity (Wildman–Crippen MR) is 106 cm³/mol. The number of hydrogen-bond donors (Lipinski definition) is 1. The van der Waals surface area contributed by atoms with E-state index in [0.717, 1.165) is 4.68 Å². The van der Waals surface area contributed by atoms with E-state index in [1.807, 2.05) is 13.8 Å². The van der Waals surface area contributed by atoms with E-state index in [9.17, 15) is 13.2 Å². The van der Waals surface area contributed by atoms with Crippen molar-refractivity contribution in [1.29, 1.82) is 0 Å². The smallest absolute Gasteiger partial charge is 0.435 e. The van der Waals surface area contributed by atoms with E-state index in [2.05, 4.69) is 16.7 Å². The Morgan fingerprint density at radius 1 is 1.39 bits per heavy atom. The molecule has 0 unspecified atom stereocenters. The highest BCUT2D eigenvalue weighted by atomic mass is 35.5. The molecule has 2 rings (SSSR count). The summed E-state index contributed by atoms with van der Waals surface area (Å²) in [5, 5.41) is 3.75. The molecule has 0 fully saturated rings. The Labute approximate surface area is 166 Å². The lowest BCUT2D eigenvalue weighted by molar-refractivity contribution is -0.140. The van der Waals surface area contributed by atoms with Crippen LogP contribution in [0.4, 0.5) is 19.0 Å². The van der Waals surface area contributed by atoms with Crippen molar-refractivity contribution in [3.8, 4) is 16.9 Å². The second-order valence-electron chi connectivity index (χ2n) is 6.05. The van der Waals surface area contributed by atoms with Gasteiger partial charge in [0.25, 0.3) is 0 Å². The number of halogens is 4. The van der Waals surface area contributed by atoms with Gasteiger partial charge in [0.15, 0.2) is 5.69 Å². The molecule has 9 heteroatoms. The highest BCUT2D eigenvalue weighted by Gasteiger charge is 2.39. The highest BCUT2D eigenvalue weighted by molar-refractivity contribution is 6.32. The molecular weight excluding hydrogens is 393 g/mol. The van der Waals surface area contributed by atoms with Crippen LogP contribution in [0.15, 0.2) is 41.9 Å². The second kappa shape index (κ2) is 8.52. The third-order valence-electron chi connectivity index (χ3n) is 3.52. The quantitative estimate of drug-likeness (QED) is 0.622. The number of allylic oxidation sites excluding steroid dienone is 2. The van der Waals surface area contributed by atoms with Crippen LogP contribution in [0, 0.1) is 0 Å². The van der Waals surface area contributed by atoms with Crippen molar-refractivity contribution in [3.63, 3.8) is 0 Å². The van der Waals surface area contributed by atoms with Crippen LogP contribution in [0.5, 0.6) is 5.75 Å². The standard InChI is InChI=1S/C19H20ClF3N4O/c1-5-6-9-25-12(4)27-18(24)16(17(26-27)19(21,22)23)13-7-8-15(14(20)10-13)28-11(2)3/h5-11H,4,24H2,1-3H3/b6-5-,25-9-. The number of nitrogens with zero attached hydrogens (tertiary/aromatic N) is 3. The molecule has 0 atom stereocenters. The number of hydrogen-bond acceptors (Lipinski definition) is 4. The molecule has 2 aromatic rings. The molecule has 0 bridgehead atoms. The lowest BCUT2D eigenvalue weighted by Crippen LogP contribution is -2.09. The molecule has 1 aromatic heterocycles. The van der Waals surface area contributed by atoms with Gasteiger partial charge in [0, 0.05) is 6.21 Å². The molecule has 0 radical (unpaired) electrons. The highest BCUT2D eigenvalue weighted by Crippen LogP contribution is 2.42. The summed E-state index contributed by atoms with van der Waals surface area (Å²) in [6.45, 7) is 9.03. The fourth-order valence-corrected chi connectivity index (χ4v) is 2.61. The number of nitrogens with two attached hydrogens (primary N) is 1. The van der Waals surface area contributed by atoms with E-state index in [0.29, 0.717) is 5.75 Å². The van der Waals surface area contributed by atoms with E-state index >= 15 is 0 Å². The molecule has 0 spiro atoms. The molecule has 0 saturated carbocycles. The maximum Gasteiger partial charge on any atom is 0.435 e. The van der Waals surface area contributed by atoms with Crippen molar-refractivity contribution in [2.75, 3.05) is 5.73 Å². The number of aliphatic imine (C=N–C) groups is 1. The summed E-state index contributed by atoms with van der Waals surface area (Å²) in [4.78, 5) is 3.94. The SMILES string of the molecule is C=C(/N=C\C=C/C)n1nc(C(F)(F)F)c(-c2ccc(OC(C)C)c(Cl)c2)c1N. The van der Waals surface area contributed by atoms with Crippen LogP contribution < -0.4 is 10.5 Å². The van der Waals surface area contributed by atoms with Crippen LogP contribution in [-0.2, 0) is 6.18 Å². The Kier molecular flexibility index (Phi) is 6.56. The lowest BCUT2D eigenvalue weighted by atomic mass is 10.0. The van der Waals surface area contributed by atoms with Crippen molar-refractivity contribution < 1.29 is 17.9 Å². The molecule has 1 aromatic carbocycles. The fraction of sp³-hybridized carbons (Fsp3) is 0.263. The van der Waals surface area contributed by atoms with Gasteiger partial charge in [-0.3, -0.25) is 0 Å². The van der Waals surface area contributed by atoms with E-state index in [1.54, 1.807) is 19.1 Å². The van der Waals surface area contributed by atoms with Gasteiger partial charge in [-0.1, -0.05) is 30.3 Å². The Morgan fingerprint density at radius 2 is 2.07 bits per heavy atom. The first-order valence-corrected chi connectivity index (χ1v) is 8.71. The molecule has 2 N–H and O–H groups in total. The normalized spacial score (nSPS) is 12.4. The van der Waals surface area contributed by atoms with Gasteiger partial charge in [-0.15, -0.1) is 0 Å². The number of benzene rings is 1. The molecule has 0 aliphatic rings. The van der Waals surface area contributed by atoms with E-state index in [4.69, 9.17) is 22.1 Å². The molecule has 0 aliphatic carbocycles. The minimum Gasteiger partial charge on any atom is -0.489 e. The summed E-state index contributed by atoms with van der Waals surface area (Å²) in [7, 11) is 0. The van der Waals surface area contributed by atoms with Crippen molar-refractivity contribution in [1.82, 2.24) is 9.78 Å². The van der Waals surface area contributed by atoms with E-state index < -0.39 is 11.9 Å². The van der Waals surface area contributed by atoms with Gasteiger partial charge in [0.1, 0.15) is 17.4 Å². The van der Waals surface area contributed by atoms with Gasteiger partial charge < -0.3 is 10.5 Å². The predicted octanol–water partition coefficient (Wildman–Crippen LogP) is 5.67. The number of aromatic nitrogens is 2. The molecule has 5 nitrogen and oxygen atoms in total. The molecule has 0 saturated heterocycles. The van der Waals surface area contributed by atoms with Crippen molar-refractivity contribution >= 4 is 29.5 Å².